The molecule has 5 heteroatoms. The molecule has 0 aromatic heterocycles. The van der Waals surface area contributed by atoms with E-state index in [1.54, 1.807) is 12.1 Å². The van der Waals surface area contributed by atoms with Gasteiger partial charge in [0.1, 0.15) is 0 Å². The average Bonchev–Trinajstić information content (AvgIpc) is 2.27. The van der Waals surface area contributed by atoms with Crippen LogP contribution in [-0.4, -0.2) is 46.8 Å². The Morgan fingerprint density at radius 1 is 1.17 bits per heavy atom. The SMILES string of the molecule is CN(C)CCCNCc1ccc(S(C)(=O)=O)cc1. The molecule has 0 saturated heterocycles. The number of sulfone groups is 1. The van der Waals surface area contributed by atoms with Crippen LogP contribution in [0.15, 0.2) is 29.2 Å². The molecule has 0 radical (unpaired) electrons. The molecule has 0 heterocycles. The van der Waals surface area contributed by atoms with Crippen LogP contribution in [0.1, 0.15) is 12.0 Å². The number of nitrogens with zero attached hydrogens (tertiary/aromatic N) is 1. The van der Waals surface area contributed by atoms with Gasteiger partial charge in [-0.05, 0) is 51.3 Å². The predicted molar refractivity (Wildman–Crippen MR) is 74.4 cm³/mol. The lowest BCUT2D eigenvalue weighted by Gasteiger charge is -2.10. The largest absolute Gasteiger partial charge is 0.313 e. The van der Waals surface area contributed by atoms with E-state index >= 15 is 0 Å². The maximum absolute atomic E-state index is 11.3. The van der Waals surface area contributed by atoms with Crippen molar-refractivity contribution < 1.29 is 8.42 Å². The van der Waals surface area contributed by atoms with Gasteiger partial charge >= 0.3 is 0 Å². The first-order chi connectivity index (χ1) is 8.39. The average molecular weight is 270 g/mol. The fourth-order valence-electron chi connectivity index (χ4n) is 1.61. The molecule has 0 spiro atoms. The van der Waals surface area contributed by atoms with E-state index in [2.05, 4.69) is 24.3 Å². The van der Waals surface area contributed by atoms with Crippen molar-refractivity contribution in [1.82, 2.24) is 10.2 Å². The summed E-state index contributed by atoms with van der Waals surface area (Å²) in [7, 11) is 1.03. The molecule has 1 rings (SSSR count). The Labute approximate surface area is 110 Å². The van der Waals surface area contributed by atoms with Gasteiger partial charge in [0.05, 0.1) is 4.90 Å². The fourth-order valence-corrected chi connectivity index (χ4v) is 2.24. The van der Waals surface area contributed by atoms with Crippen LogP contribution in [0.5, 0.6) is 0 Å². The minimum atomic E-state index is -3.08. The van der Waals surface area contributed by atoms with Gasteiger partial charge in [0, 0.05) is 12.8 Å². The Hall–Kier alpha value is -0.910. The van der Waals surface area contributed by atoms with E-state index in [4.69, 9.17) is 0 Å². The topological polar surface area (TPSA) is 49.4 Å². The molecule has 0 fully saturated rings. The molecule has 0 aliphatic rings. The molecule has 0 amide bonds. The maximum atomic E-state index is 11.3. The van der Waals surface area contributed by atoms with Crippen molar-refractivity contribution >= 4 is 9.84 Å². The number of benzene rings is 1. The Morgan fingerprint density at radius 3 is 2.28 bits per heavy atom. The van der Waals surface area contributed by atoms with Crippen molar-refractivity contribution in [3.63, 3.8) is 0 Å². The van der Waals surface area contributed by atoms with Crippen LogP contribution in [0.2, 0.25) is 0 Å². The Kier molecular flexibility index (Phi) is 5.78. The van der Waals surface area contributed by atoms with Gasteiger partial charge in [-0.3, -0.25) is 0 Å². The Balaban J connectivity index is 2.36. The van der Waals surface area contributed by atoms with Crippen molar-refractivity contribution in [3.05, 3.63) is 29.8 Å². The summed E-state index contributed by atoms with van der Waals surface area (Å²) in [5.74, 6) is 0. The highest BCUT2D eigenvalue weighted by Gasteiger charge is 2.05. The molecule has 0 atom stereocenters. The summed E-state index contributed by atoms with van der Waals surface area (Å²) in [6.07, 6.45) is 2.33. The van der Waals surface area contributed by atoms with Crippen LogP contribution >= 0.6 is 0 Å². The van der Waals surface area contributed by atoms with Crippen LogP contribution in [-0.2, 0) is 16.4 Å². The molecule has 1 aromatic carbocycles. The third-order valence-electron chi connectivity index (χ3n) is 2.64. The minimum Gasteiger partial charge on any atom is -0.313 e. The van der Waals surface area contributed by atoms with Gasteiger partial charge in [0.2, 0.25) is 0 Å². The second-order valence-corrected chi connectivity index (χ2v) is 6.77. The summed E-state index contributed by atoms with van der Waals surface area (Å²) in [5.41, 5.74) is 1.10. The van der Waals surface area contributed by atoms with E-state index in [1.807, 2.05) is 12.1 Å². The third kappa shape index (κ3) is 5.62. The number of hydrogen-bond donors (Lipinski definition) is 1. The smallest absolute Gasteiger partial charge is 0.175 e. The summed E-state index contributed by atoms with van der Waals surface area (Å²) >= 11 is 0. The summed E-state index contributed by atoms with van der Waals surface area (Å²) in [6.45, 7) is 2.81. The molecule has 0 bridgehead atoms. The van der Waals surface area contributed by atoms with Gasteiger partial charge in [-0.1, -0.05) is 12.1 Å². The summed E-state index contributed by atoms with van der Waals surface area (Å²) in [5, 5.41) is 3.34. The van der Waals surface area contributed by atoms with E-state index in [-0.39, 0.29) is 0 Å². The highest BCUT2D eigenvalue weighted by Crippen LogP contribution is 2.09. The fraction of sp³-hybridized carbons (Fsp3) is 0.538. The zero-order valence-electron chi connectivity index (χ0n) is 11.3. The first-order valence-electron chi connectivity index (χ1n) is 6.04. The number of rotatable bonds is 7. The first kappa shape index (κ1) is 15.1. The Morgan fingerprint density at radius 2 is 1.78 bits per heavy atom. The van der Waals surface area contributed by atoms with Gasteiger partial charge in [0.25, 0.3) is 0 Å². The van der Waals surface area contributed by atoms with Gasteiger partial charge in [-0.25, -0.2) is 8.42 Å². The molecule has 1 N–H and O–H groups in total. The van der Waals surface area contributed by atoms with Crippen LogP contribution in [0, 0.1) is 0 Å². The molecular weight excluding hydrogens is 248 g/mol. The molecule has 0 saturated carbocycles. The van der Waals surface area contributed by atoms with E-state index in [0.717, 1.165) is 31.6 Å². The highest BCUT2D eigenvalue weighted by molar-refractivity contribution is 7.90. The molecule has 102 valence electrons. The lowest BCUT2D eigenvalue weighted by molar-refractivity contribution is 0.394. The summed E-state index contributed by atoms with van der Waals surface area (Å²) in [6, 6.07) is 7.03. The lowest BCUT2D eigenvalue weighted by atomic mass is 10.2. The normalized spacial score (nSPS) is 12.0. The highest BCUT2D eigenvalue weighted by atomic mass is 32.2. The molecule has 0 unspecified atom stereocenters. The molecule has 1 aromatic rings. The summed E-state index contributed by atoms with van der Waals surface area (Å²) in [4.78, 5) is 2.53. The van der Waals surface area contributed by atoms with Crippen molar-refractivity contribution in [2.45, 2.75) is 17.9 Å². The molecule has 4 nitrogen and oxygen atoms in total. The van der Waals surface area contributed by atoms with Gasteiger partial charge in [0.15, 0.2) is 9.84 Å². The second kappa shape index (κ2) is 6.87. The van der Waals surface area contributed by atoms with Gasteiger partial charge < -0.3 is 10.2 Å². The molecule has 18 heavy (non-hydrogen) atoms. The van der Waals surface area contributed by atoms with Crippen molar-refractivity contribution in [1.29, 1.82) is 0 Å². The lowest BCUT2D eigenvalue weighted by Crippen LogP contribution is -2.21. The summed E-state index contributed by atoms with van der Waals surface area (Å²) < 4.78 is 22.6. The zero-order chi connectivity index (χ0) is 13.6. The van der Waals surface area contributed by atoms with E-state index in [1.165, 1.54) is 6.26 Å². The Bertz CT molecular complexity index is 452. The van der Waals surface area contributed by atoms with Crippen molar-refractivity contribution in [3.8, 4) is 0 Å². The minimum absolute atomic E-state index is 0.374. The third-order valence-corrected chi connectivity index (χ3v) is 3.77. The molecule has 0 aliphatic carbocycles. The van der Waals surface area contributed by atoms with E-state index in [9.17, 15) is 8.42 Å². The van der Waals surface area contributed by atoms with Crippen molar-refractivity contribution in [2.24, 2.45) is 0 Å². The molecule has 0 aliphatic heterocycles. The maximum Gasteiger partial charge on any atom is 0.175 e. The standard InChI is InChI=1S/C13H22N2O2S/c1-15(2)10-4-9-14-11-12-5-7-13(8-6-12)18(3,16)17/h5-8,14H,4,9-11H2,1-3H3. The van der Waals surface area contributed by atoms with Crippen molar-refractivity contribution in [2.75, 3.05) is 33.4 Å². The quantitative estimate of drug-likeness (QED) is 0.755. The number of hydrogen-bond acceptors (Lipinski definition) is 4. The van der Waals surface area contributed by atoms with Crippen LogP contribution in [0.25, 0.3) is 0 Å². The second-order valence-electron chi connectivity index (χ2n) is 4.75. The molecular formula is C13H22N2O2S. The first-order valence-corrected chi connectivity index (χ1v) is 7.93. The van der Waals surface area contributed by atoms with E-state index < -0.39 is 9.84 Å². The predicted octanol–water partition coefficient (Wildman–Crippen LogP) is 1.13. The number of nitrogens with one attached hydrogen (secondary N) is 1. The van der Waals surface area contributed by atoms with E-state index in [0.29, 0.717) is 4.90 Å². The monoisotopic (exact) mass is 270 g/mol. The van der Waals surface area contributed by atoms with Crippen LogP contribution in [0.3, 0.4) is 0 Å². The van der Waals surface area contributed by atoms with Gasteiger partial charge in [-0.15, -0.1) is 0 Å². The van der Waals surface area contributed by atoms with Gasteiger partial charge in [-0.2, -0.15) is 0 Å². The van der Waals surface area contributed by atoms with Crippen LogP contribution < -0.4 is 5.32 Å². The van der Waals surface area contributed by atoms with Crippen LogP contribution in [0.4, 0.5) is 0 Å². The zero-order valence-corrected chi connectivity index (χ0v) is 12.1.